The molecule has 20 heteroatoms. The highest BCUT2D eigenvalue weighted by molar-refractivity contribution is 6.25. The largest absolute Gasteiger partial charge is 0.494 e. The van der Waals surface area contributed by atoms with Gasteiger partial charge in [-0.2, -0.15) is 10.2 Å². The Labute approximate surface area is 338 Å². The zero-order chi connectivity index (χ0) is 41.7. The van der Waals surface area contributed by atoms with E-state index in [1.54, 1.807) is 47.4 Å². The molecule has 0 bridgehead atoms. The number of hydrogen-bond acceptors (Lipinski definition) is 15. The Kier molecular flexibility index (Phi) is 11.9. The highest BCUT2D eigenvalue weighted by atomic mass is 16.5. The molecule has 20 nitrogen and oxygen atoms in total. The number of rotatable bonds is 19. The number of anilines is 3. The summed E-state index contributed by atoms with van der Waals surface area (Å²) in [5.74, 6) is -2.29. The van der Waals surface area contributed by atoms with Crippen molar-refractivity contribution in [1.29, 1.82) is 0 Å². The molecule has 308 valence electrons. The third kappa shape index (κ3) is 8.30. The molecule has 2 fully saturated rings. The molecule has 1 atom stereocenters. The standard InChI is InChI=1S/C39H44N12O8/c1-41-35(54)31-26(20-28(47-48-31)39(12-13-39)38(40)57)45-25-9-4-7-23(32(25)58-2)33-44-21-50(49-33)17-15-42-14-5-18-59-19-16-43-24-8-3-6-22-30(24)37(56)51(36(22)55)27-10-11-29(52)46-34(27)53/h3-4,6-9,20-21,27,42-43H,5,10-19H2,1-2H3,(H2,40,57)(H,41,54)(H,45,47)(H,46,52,53). The summed E-state index contributed by atoms with van der Waals surface area (Å²) in [6, 6.07) is 10.9. The van der Waals surface area contributed by atoms with Crippen molar-refractivity contribution >= 4 is 52.5 Å². The van der Waals surface area contributed by atoms with Crippen LogP contribution in [0.25, 0.3) is 11.4 Å². The smallest absolute Gasteiger partial charge is 0.273 e. The molecule has 2 aromatic carbocycles. The fraction of sp³-hybridized carbons (Fsp3) is 0.385. The number of nitrogens with two attached hydrogens (primary N) is 1. The van der Waals surface area contributed by atoms with Crippen LogP contribution in [0.5, 0.6) is 5.75 Å². The summed E-state index contributed by atoms with van der Waals surface area (Å²) < 4.78 is 13.3. The Morgan fingerprint density at radius 3 is 2.47 bits per heavy atom. The number of methoxy groups -OCH3 is 1. The summed E-state index contributed by atoms with van der Waals surface area (Å²) in [4.78, 5) is 80.6. The van der Waals surface area contributed by atoms with Crippen molar-refractivity contribution in [3.05, 3.63) is 71.3 Å². The van der Waals surface area contributed by atoms with E-state index in [0.29, 0.717) is 92.1 Å². The molecule has 2 aliphatic heterocycles. The first-order valence-electron chi connectivity index (χ1n) is 19.2. The van der Waals surface area contributed by atoms with Crippen LogP contribution in [-0.2, 0) is 31.1 Å². The first kappa shape index (κ1) is 40.4. The predicted molar refractivity (Wildman–Crippen MR) is 211 cm³/mol. The van der Waals surface area contributed by atoms with Crippen LogP contribution in [0, 0.1) is 0 Å². The van der Waals surface area contributed by atoms with Crippen LogP contribution in [0.3, 0.4) is 0 Å². The number of carbonyl (C=O) groups is 6. The van der Waals surface area contributed by atoms with Gasteiger partial charge < -0.3 is 36.5 Å². The summed E-state index contributed by atoms with van der Waals surface area (Å²) in [5, 5.41) is 27.5. The molecular formula is C39H44N12O8. The minimum atomic E-state index is -1.03. The quantitative estimate of drug-likeness (QED) is 0.0567. The fourth-order valence-corrected chi connectivity index (χ4v) is 7.10. The monoisotopic (exact) mass is 808 g/mol. The van der Waals surface area contributed by atoms with Gasteiger partial charge in [0.1, 0.15) is 12.4 Å². The van der Waals surface area contributed by atoms with E-state index >= 15 is 0 Å². The van der Waals surface area contributed by atoms with Crippen LogP contribution in [0.4, 0.5) is 17.1 Å². The Bertz CT molecular complexity index is 2310. The zero-order valence-electron chi connectivity index (χ0n) is 32.5. The Hall–Kier alpha value is -6.80. The van der Waals surface area contributed by atoms with E-state index in [4.69, 9.17) is 15.2 Å². The van der Waals surface area contributed by atoms with Crippen molar-refractivity contribution < 1.29 is 38.2 Å². The molecular weight excluding hydrogens is 765 g/mol. The lowest BCUT2D eigenvalue weighted by Gasteiger charge is -2.27. The lowest BCUT2D eigenvalue weighted by atomic mass is 10.0. The van der Waals surface area contributed by atoms with Crippen molar-refractivity contribution in [1.82, 2.24) is 45.8 Å². The zero-order valence-corrected chi connectivity index (χ0v) is 32.5. The maximum absolute atomic E-state index is 13.3. The summed E-state index contributed by atoms with van der Waals surface area (Å²) in [5.41, 5.74) is 7.54. The first-order valence-corrected chi connectivity index (χ1v) is 19.2. The minimum Gasteiger partial charge on any atom is -0.494 e. The lowest BCUT2D eigenvalue weighted by Crippen LogP contribution is -2.54. The number of nitrogens with zero attached hydrogens (tertiary/aromatic N) is 6. The summed E-state index contributed by atoms with van der Waals surface area (Å²) in [6.07, 6.45) is 3.63. The van der Waals surface area contributed by atoms with Crippen molar-refractivity contribution in [2.75, 3.05) is 57.6 Å². The number of aromatic nitrogens is 5. The number of primary amides is 1. The Morgan fingerprint density at radius 1 is 0.966 bits per heavy atom. The molecule has 0 spiro atoms. The van der Waals surface area contributed by atoms with Crippen molar-refractivity contribution in [3.8, 4) is 17.1 Å². The Balaban J connectivity index is 0.859. The predicted octanol–water partition coefficient (Wildman–Crippen LogP) is 0.873. The van der Waals surface area contributed by atoms with Gasteiger partial charge in [0.2, 0.25) is 17.7 Å². The van der Waals surface area contributed by atoms with E-state index in [2.05, 4.69) is 46.9 Å². The average molecular weight is 809 g/mol. The van der Waals surface area contributed by atoms with Gasteiger partial charge in [0.15, 0.2) is 17.3 Å². The Morgan fingerprint density at radius 2 is 1.75 bits per heavy atom. The van der Waals surface area contributed by atoms with Crippen molar-refractivity contribution in [3.63, 3.8) is 0 Å². The minimum absolute atomic E-state index is 0.0366. The van der Waals surface area contributed by atoms with Crippen LogP contribution in [-0.4, -0.2) is 118 Å². The summed E-state index contributed by atoms with van der Waals surface area (Å²) in [6.45, 7) is 3.10. The molecule has 7 rings (SSSR count). The van der Waals surface area contributed by atoms with Gasteiger partial charge in [-0.25, -0.2) is 4.98 Å². The second-order valence-electron chi connectivity index (χ2n) is 14.2. The van der Waals surface area contributed by atoms with Gasteiger partial charge in [0, 0.05) is 38.9 Å². The molecule has 2 aromatic heterocycles. The number of fused-ring (bicyclic) bond motifs is 1. The molecule has 3 aliphatic rings. The number of carbonyl (C=O) groups excluding carboxylic acids is 6. The molecule has 4 heterocycles. The van der Waals surface area contributed by atoms with Crippen molar-refractivity contribution in [2.24, 2.45) is 5.73 Å². The molecule has 1 saturated carbocycles. The van der Waals surface area contributed by atoms with E-state index in [1.807, 2.05) is 6.07 Å². The van der Waals surface area contributed by atoms with Crippen LogP contribution in [0.2, 0.25) is 0 Å². The number of benzene rings is 2. The fourth-order valence-electron chi connectivity index (χ4n) is 7.10. The molecule has 6 amide bonds. The van der Waals surface area contributed by atoms with E-state index in [-0.39, 0.29) is 29.7 Å². The third-order valence-electron chi connectivity index (χ3n) is 10.4. The van der Waals surface area contributed by atoms with Gasteiger partial charge in [-0.1, -0.05) is 12.1 Å². The van der Waals surface area contributed by atoms with Gasteiger partial charge in [0.25, 0.3) is 17.7 Å². The van der Waals surface area contributed by atoms with E-state index < -0.39 is 46.9 Å². The highest BCUT2D eigenvalue weighted by Gasteiger charge is 2.52. The van der Waals surface area contributed by atoms with Gasteiger partial charge >= 0.3 is 0 Å². The normalized spacial score (nSPS) is 16.7. The number of piperidine rings is 1. The molecule has 1 aliphatic carbocycles. The number of nitrogens with one attached hydrogen (secondary N) is 5. The van der Waals surface area contributed by atoms with Gasteiger partial charge in [-0.15, -0.1) is 5.10 Å². The third-order valence-corrected chi connectivity index (χ3v) is 10.4. The first-order chi connectivity index (χ1) is 28.6. The lowest BCUT2D eigenvalue weighted by molar-refractivity contribution is -0.136. The molecule has 0 radical (unpaired) electrons. The van der Waals surface area contributed by atoms with Crippen LogP contribution in [0.15, 0.2) is 48.8 Å². The van der Waals surface area contributed by atoms with E-state index in [9.17, 15) is 28.8 Å². The molecule has 1 unspecified atom stereocenters. The molecule has 4 aromatic rings. The number of ether oxygens (including phenoxy) is 2. The van der Waals surface area contributed by atoms with Gasteiger partial charge in [0.05, 0.1) is 59.4 Å². The van der Waals surface area contributed by atoms with Gasteiger partial charge in [-0.3, -0.25) is 43.7 Å². The number of para-hydroxylation sites is 1. The maximum atomic E-state index is 13.3. The number of hydrogen-bond donors (Lipinski definition) is 6. The average Bonchev–Trinajstić information content (AvgIpc) is 3.86. The van der Waals surface area contributed by atoms with E-state index in [1.165, 1.54) is 14.2 Å². The SMILES string of the molecule is CNC(=O)c1nnc(C2(C(N)=O)CC2)cc1Nc1cccc(-c2ncn(CCNCCCOCCNc3cccc4c3C(=O)N(C3CCC(=O)NC3=O)C4=O)n2)c1OC. The van der Waals surface area contributed by atoms with Crippen molar-refractivity contribution in [2.45, 2.75) is 50.1 Å². The summed E-state index contributed by atoms with van der Waals surface area (Å²) >= 11 is 0. The topological polar surface area (TPSA) is 267 Å². The van der Waals surface area contributed by atoms with Crippen LogP contribution < -0.4 is 37.1 Å². The molecule has 59 heavy (non-hydrogen) atoms. The second-order valence-corrected chi connectivity index (χ2v) is 14.2. The molecule has 1 saturated heterocycles. The maximum Gasteiger partial charge on any atom is 0.273 e. The van der Waals surface area contributed by atoms with Crippen LogP contribution >= 0.6 is 0 Å². The van der Waals surface area contributed by atoms with Gasteiger partial charge in [-0.05, 0) is 62.6 Å². The number of imide groups is 2. The van der Waals surface area contributed by atoms with E-state index in [0.717, 1.165) is 11.3 Å². The number of amides is 6. The molecule has 7 N–H and O–H groups in total. The van der Waals surface area contributed by atoms with Crippen LogP contribution in [0.1, 0.15) is 69.0 Å². The highest BCUT2D eigenvalue weighted by Crippen LogP contribution is 2.48. The second kappa shape index (κ2) is 17.4. The summed E-state index contributed by atoms with van der Waals surface area (Å²) in [7, 11) is 3.01.